The highest BCUT2D eigenvalue weighted by molar-refractivity contribution is 6.08. The van der Waals surface area contributed by atoms with Crippen LogP contribution in [-0.4, -0.2) is 36.4 Å². The molecule has 11 heteroatoms. The van der Waals surface area contributed by atoms with Crippen LogP contribution in [0.1, 0.15) is 26.3 Å². The van der Waals surface area contributed by atoms with Crippen molar-refractivity contribution in [3.63, 3.8) is 0 Å². The number of hydrogen-bond donors (Lipinski definition) is 2. The van der Waals surface area contributed by atoms with E-state index in [2.05, 4.69) is 20.4 Å². The first kappa shape index (κ1) is 22.9. The molecule has 2 heterocycles. The summed E-state index contributed by atoms with van der Waals surface area (Å²) in [7, 11) is 0. The lowest BCUT2D eigenvalue weighted by atomic mass is 10.1. The number of benzene rings is 2. The van der Waals surface area contributed by atoms with Crippen LogP contribution >= 0.6 is 0 Å². The van der Waals surface area contributed by atoms with Gasteiger partial charge in [-0.25, -0.2) is 4.98 Å². The topological polar surface area (TPSA) is 98.8 Å². The molecule has 176 valence electrons. The maximum atomic E-state index is 12.7. The molecule has 2 aromatic carbocycles. The molecule has 0 radical (unpaired) electrons. The molecular formula is C23H18F3N3O5. The zero-order valence-corrected chi connectivity index (χ0v) is 17.5. The Balaban J connectivity index is 1.38. The summed E-state index contributed by atoms with van der Waals surface area (Å²) in [5, 5.41) is 5.40. The van der Waals surface area contributed by atoms with Gasteiger partial charge < -0.3 is 24.8 Å². The number of carbonyl (C=O) groups excluding carboxylic acids is 2. The number of fused-ring (bicyclic) bond motifs is 1. The van der Waals surface area contributed by atoms with Crippen molar-refractivity contribution in [1.82, 2.24) is 10.3 Å². The van der Waals surface area contributed by atoms with Gasteiger partial charge in [0.2, 0.25) is 12.7 Å². The molecule has 1 aromatic heterocycles. The van der Waals surface area contributed by atoms with E-state index in [1.165, 1.54) is 6.07 Å². The summed E-state index contributed by atoms with van der Waals surface area (Å²) in [5.41, 5.74) is 1.37. The van der Waals surface area contributed by atoms with Crippen LogP contribution in [0.15, 0.2) is 60.8 Å². The maximum absolute atomic E-state index is 12.7. The number of ether oxygens (including phenoxy) is 3. The largest absolute Gasteiger partial charge is 0.468 e. The molecule has 0 aliphatic carbocycles. The van der Waals surface area contributed by atoms with Crippen LogP contribution in [0.2, 0.25) is 0 Å². The normalized spacial score (nSPS) is 12.2. The minimum atomic E-state index is -4.50. The standard InChI is InChI=1S/C23H18F3N3O5/c24-23(25,26)12-32-20-8-6-15(11-27-20)21(30)29-17-4-2-1-3-16(17)22(31)28-10-14-5-7-18-19(9-14)34-13-33-18/h1-9,11H,10,12-13H2,(H,28,31)(H,29,30). The molecular weight excluding hydrogens is 455 g/mol. The quantitative estimate of drug-likeness (QED) is 0.540. The molecule has 0 fully saturated rings. The molecule has 0 bridgehead atoms. The zero-order chi connectivity index (χ0) is 24.1. The van der Waals surface area contributed by atoms with Gasteiger partial charge in [0.1, 0.15) is 0 Å². The predicted molar refractivity (Wildman–Crippen MR) is 114 cm³/mol. The molecule has 0 saturated heterocycles. The average Bonchev–Trinajstić information content (AvgIpc) is 3.29. The van der Waals surface area contributed by atoms with Gasteiger partial charge in [-0.1, -0.05) is 18.2 Å². The van der Waals surface area contributed by atoms with Crippen molar-refractivity contribution < 1.29 is 37.0 Å². The summed E-state index contributed by atoms with van der Waals surface area (Å²) in [6, 6.07) is 14.2. The van der Waals surface area contributed by atoms with Gasteiger partial charge in [0.15, 0.2) is 18.1 Å². The number of pyridine rings is 1. The van der Waals surface area contributed by atoms with E-state index in [9.17, 15) is 22.8 Å². The molecule has 0 atom stereocenters. The number of amides is 2. The Morgan fingerprint density at radius 1 is 1.00 bits per heavy atom. The van der Waals surface area contributed by atoms with Crippen LogP contribution in [-0.2, 0) is 6.54 Å². The molecule has 4 rings (SSSR count). The first-order valence-corrected chi connectivity index (χ1v) is 10.0. The third kappa shape index (κ3) is 5.74. The Labute approximate surface area is 191 Å². The number of alkyl halides is 3. The van der Waals surface area contributed by atoms with Crippen molar-refractivity contribution >= 4 is 17.5 Å². The SMILES string of the molecule is O=C(Nc1ccccc1C(=O)NCc1ccc2c(c1)OCO2)c1ccc(OCC(F)(F)F)nc1. The minimum Gasteiger partial charge on any atom is -0.468 e. The van der Waals surface area contributed by atoms with E-state index < -0.39 is 24.6 Å². The molecule has 3 aromatic rings. The van der Waals surface area contributed by atoms with Crippen molar-refractivity contribution in [2.24, 2.45) is 0 Å². The second-order valence-electron chi connectivity index (χ2n) is 7.16. The molecule has 0 saturated carbocycles. The summed E-state index contributed by atoms with van der Waals surface area (Å²) >= 11 is 0. The van der Waals surface area contributed by atoms with Crippen LogP contribution in [0.4, 0.5) is 18.9 Å². The lowest BCUT2D eigenvalue weighted by molar-refractivity contribution is -0.154. The molecule has 1 aliphatic heterocycles. The fraction of sp³-hybridized carbons (Fsp3) is 0.174. The van der Waals surface area contributed by atoms with Gasteiger partial charge in [-0.3, -0.25) is 9.59 Å². The van der Waals surface area contributed by atoms with Gasteiger partial charge in [0.25, 0.3) is 11.8 Å². The van der Waals surface area contributed by atoms with Gasteiger partial charge in [0.05, 0.1) is 16.8 Å². The zero-order valence-electron chi connectivity index (χ0n) is 17.5. The summed E-state index contributed by atoms with van der Waals surface area (Å²) in [6.07, 6.45) is -3.41. The first-order chi connectivity index (χ1) is 16.3. The summed E-state index contributed by atoms with van der Waals surface area (Å²) in [6.45, 7) is -1.11. The van der Waals surface area contributed by atoms with E-state index in [0.29, 0.717) is 11.5 Å². The molecule has 34 heavy (non-hydrogen) atoms. The summed E-state index contributed by atoms with van der Waals surface area (Å²) in [4.78, 5) is 29.0. The number of para-hydroxylation sites is 1. The molecule has 0 unspecified atom stereocenters. The smallest absolute Gasteiger partial charge is 0.422 e. The van der Waals surface area contributed by atoms with E-state index in [0.717, 1.165) is 17.8 Å². The van der Waals surface area contributed by atoms with Crippen molar-refractivity contribution in [2.75, 3.05) is 18.7 Å². The van der Waals surface area contributed by atoms with E-state index in [1.54, 1.807) is 42.5 Å². The highest BCUT2D eigenvalue weighted by Gasteiger charge is 2.28. The molecule has 1 aliphatic rings. The van der Waals surface area contributed by atoms with E-state index in [-0.39, 0.29) is 36.0 Å². The van der Waals surface area contributed by atoms with Gasteiger partial charge in [-0.15, -0.1) is 0 Å². The number of nitrogens with zero attached hydrogens (tertiary/aromatic N) is 1. The van der Waals surface area contributed by atoms with Crippen molar-refractivity contribution in [1.29, 1.82) is 0 Å². The number of anilines is 1. The molecule has 2 amide bonds. The van der Waals surface area contributed by atoms with Gasteiger partial charge in [0, 0.05) is 18.8 Å². The number of aromatic nitrogens is 1. The lowest BCUT2D eigenvalue weighted by Crippen LogP contribution is -2.25. The van der Waals surface area contributed by atoms with Crippen LogP contribution in [0, 0.1) is 0 Å². The monoisotopic (exact) mass is 473 g/mol. The Morgan fingerprint density at radius 3 is 2.56 bits per heavy atom. The second kappa shape index (κ2) is 9.69. The van der Waals surface area contributed by atoms with Gasteiger partial charge >= 0.3 is 6.18 Å². The fourth-order valence-electron chi connectivity index (χ4n) is 3.07. The highest BCUT2D eigenvalue weighted by Crippen LogP contribution is 2.32. The molecule has 8 nitrogen and oxygen atoms in total. The second-order valence-corrected chi connectivity index (χ2v) is 7.16. The number of carbonyl (C=O) groups is 2. The Bertz CT molecular complexity index is 1200. The Kier molecular flexibility index (Phi) is 6.53. The fourth-order valence-corrected chi connectivity index (χ4v) is 3.07. The predicted octanol–water partition coefficient (Wildman–Crippen LogP) is 3.93. The third-order valence-electron chi connectivity index (χ3n) is 4.69. The highest BCUT2D eigenvalue weighted by atomic mass is 19.4. The summed E-state index contributed by atoms with van der Waals surface area (Å²) in [5.74, 6) is -0.0360. The average molecular weight is 473 g/mol. The van der Waals surface area contributed by atoms with E-state index in [4.69, 9.17) is 9.47 Å². The van der Waals surface area contributed by atoms with E-state index in [1.807, 2.05) is 0 Å². The van der Waals surface area contributed by atoms with Crippen LogP contribution in [0.25, 0.3) is 0 Å². The summed E-state index contributed by atoms with van der Waals surface area (Å²) < 4.78 is 51.8. The van der Waals surface area contributed by atoms with Gasteiger partial charge in [-0.2, -0.15) is 13.2 Å². The Morgan fingerprint density at radius 2 is 1.79 bits per heavy atom. The van der Waals surface area contributed by atoms with E-state index >= 15 is 0 Å². The number of halogens is 3. The van der Waals surface area contributed by atoms with Crippen LogP contribution in [0.3, 0.4) is 0 Å². The van der Waals surface area contributed by atoms with Gasteiger partial charge in [-0.05, 0) is 35.9 Å². The maximum Gasteiger partial charge on any atom is 0.422 e. The number of rotatable bonds is 7. The third-order valence-corrected chi connectivity index (χ3v) is 4.69. The van der Waals surface area contributed by atoms with Crippen LogP contribution in [0.5, 0.6) is 17.4 Å². The van der Waals surface area contributed by atoms with Crippen molar-refractivity contribution in [2.45, 2.75) is 12.7 Å². The first-order valence-electron chi connectivity index (χ1n) is 10.0. The van der Waals surface area contributed by atoms with Crippen molar-refractivity contribution in [3.8, 4) is 17.4 Å². The van der Waals surface area contributed by atoms with Crippen LogP contribution < -0.4 is 24.8 Å². The minimum absolute atomic E-state index is 0.0786. The number of hydrogen-bond acceptors (Lipinski definition) is 6. The molecule has 0 spiro atoms. The number of nitrogens with one attached hydrogen (secondary N) is 2. The molecule has 2 N–H and O–H groups in total. The lowest BCUT2D eigenvalue weighted by Gasteiger charge is -2.12. The van der Waals surface area contributed by atoms with Crippen molar-refractivity contribution in [3.05, 3.63) is 77.5 Å². The Hall–Kier alpha value is -4.28.